The maximum atomic E-state index is 11.8. The molecule has 11 atom stereocenters. The summed E-state index contributed by atoms with van der Waals surface area (Å²) in [5, 5.41) is 11.8. The van der Waals surface area contributed by atoms with Crippen LogP contribution in [0.5, 0.6) is 0 Å². The highest BCUT2D eigenvalue weighted by molar-refractivity contribution is 6.75. The smallest absolute Gasteiger partial charge is 0.330 e. The lowest BCUT2D eigenvalue weighted by atomic mass is 9.82. The molecule has 0 saturated heterocycles. The van der Waals surface area contributed by atoms with Crippen LogP contribution in [-0.2, 0) is 27.2 Å². The van der Waals surface area contributed by atoms with Gasteiger partial charge in [0.1, 0.15) is 0 Å². The summed E-state index contributed by atoms with van der Waals surface area (Å²) in [6.45, 7) is 64.0. The summed E-state index contributed by atoms with van der Waals surface area (Å²) < 4.78 is 34.2. The van der Waals surface area contributed by atoms with E-state index in [1.165, 1.54) is 13.2 Å². The summed E-state index contributed by atoms with van der Waals surface area (Å²) in [5.74, 6) is 0.527. The maximum Gasteiger partial charge on any atom is 0.330 e. The average molecular weight is 1020 g/mol. The van der Waals surface area contributed by atoms with Gasteiger partial charge in [-0.25, -0.2) is 4.79 Å². The van der Waals surface area contributed by atoms with Gasteiger partial charge in [-0.2, -0.15) is 0 Å². The van der Waals surface area contributed by atoms with Gasteiger partial charge in [0, 0.05) is 24.3 Å². The Kier molecular flexibility index (Phi) is 26.8. The molecule has 0 aliphatic carbocycles. The molecule has 0 saturated carbocycles. The largest absolute Gasteiger partial charge is 0.466 e. The molecule has 0 bridgehead atoms. The van der Waals surface area contributed by atoms with Crippen molar-refractivity contribution in [2.24, 2.45) is 35.5 Å². The van der Waals surface area contributed by atoms with Crippen LogP contribution < -0.4 is 0 Å². The lowest BCUT2D eigenvalue weighted by Gasteiger charge is -2.44. The van der Waals surface area contributed by atoms with Crippen molar-refractivity contribution in [3.05, 3.63) is 61.3 Å². The van der Waals surface area contributed by atoms with Crippen molar-refractivity contribution >= 4 is 39.2 Å². The Bertz CT molecular complexity index is 1620. The van der Waals surface area contributed by atoms with Gasteiger partial charge in [0.15, 0.2) is 33.3 Å². The number of allylic oxidation sites excluding steroid dienone is 4. The predicted octanol–water partition coefficient (Wildman–Crippen LogP) is 16.9. The molecule has 68 heavy (non-hydrogen) atoms. The molecule has 0 aliphatic rings. The fourth-order valence-corrected chi connectivity index (χ4v) is 13.1. The second-order valence-corrected chi connectivity index (χ2v) is 45.9. The van der Waals surface area contributed by atoms with Gasteiger partial charge in [0.25, 0.3) is 0 Å². The van der Waals surface area contributed by atoms with Crippen LogP contribution in [-0.4, -0.2) is 82.0 Å². The van der Waals surface area contributed by atoms with Gasteiger partial charge in [0.2, 0.25) is 0 Å². The minimum Gasteiger partial charge on any atom is -0.466 e. The van der Waals surface area contributed by atoms with E-state index in [1.54, 1.807) is 12.2 Å². The van der Waals surface area contributed by atoms with E-state index in [0.29, 0.717) is 18.3 Å². The Hall–Kier alpha value is -1.16. The summed E-state index contributed by atoms with van der Waals surface area (Å²) in [6, 6.07) is 0. The number of carbonyl (C=O) groups is 1. The number of hydrogen-bond acceptors (Lipinski definition) is 7. The number of hydrogen-bond donors (Lipinski definition) is 1. The predicted molar refractivity (Wildman–Crippen MR) is 307 cm³/mol. The zero-order valence-electron chi connectivity index (χ0n) is 49.5. The molecule has 0 aliphatic heterocycles. The highest BCUT2D eigenvalue weighted by atomic mass is 28.4. The summed E-state index contributed by atoms with van der Waals surface area (Å²) in [7, 11) is -7.31. The summed E-state index contributed by atoms with van der Waals surface area (Å²) in [5.41, 5.74) is 0. The first-order valence-corrected chi connectivity index (χ1v) is 37.9. The van der Waals surface area contributed by atoms with Crippen LogP contribution >= 0.6 is 0 Å². The summed E-state index contributed by atoms with van der Waals surface area (Å²) in [4.78, 5) is 11.8. The first kappa shape index (κ1) is 66.8. The highest BCUT2D eigenvalue weighted by Gasteiger charge is 2.45. The Morgan fingerprint density at radius 1 is 0.544 bits per heavy atom. The molecule has 7 nitrogen and oxygen atoms in total. The molecular weight excluding hydrogens is 909 g/mol. The van der Waals surface area contributed by atoms with Crippen LogP contribution in [0.3, 0.4) is 0 Å². The van der Waals surface area contributed by atoms with Gasteiger partial charge in [-0.1, -0.05) is 180 Å². The topological polar surface area (TPSA) is 83.5 Å². The number of esters is 1. The Morgan fingerprint density at radius 2 is 0.985 bits per heavy atom. The molecule has 11 heteroatoms. The maximum absolute atomic E-state index is 11.8. The summed E-state index contributed by atoms with van der Waals surface area (Å²) in [6.07, 6.45) is 20.6. The first-order chi connectivity index (χ1) is 30.5. The molecule has 0 aromatic carbocycles. The normalized spacial score (nSPS) is 19.5. The van der Waals surface area contributed by atoms with Crippen LogP contribution in [0.15, 0.2) is 61.3 Å². The van der Waals surface area contributed by atoms with E-state index in [-0.39, 0.29) is 74.2 Å². The molecule has 0 spiro atoms. The standard InChI is InChI=1S/C57H112O7Si4/c1-29-30-33-44(4)52(59)47(7)49(62-66(23,24)55(11,12)13)39-36-42(2)40-46(6)53(64-68(27,28)57(17,18)19)45(5)37-38-48(61-65(21,22)54(8,9)10)41-50(63-67(25,26)56(14,15)16)43(3)34-31-32-35-51(58)60-20/h29-35,37-38,42-50,52-53,59H,1,36,39-41H2,2-28H3/b33-30-,34-31+,35-32-,38-37-/t42-,43+,44-,45-,46-,47-,48+,49-,50-,52-,53-/m0/s1. The van der Waals surface area contributed by atoms with E-state index in [1.807, 2.05) is 12.2 Å². The molecule has 1 N–H and O–H groups in total. The van der Waals surface area contributed by atoms with E-state index in [4.69, 9.17) is 22.4 Å². The lowest BCUT2D eigenvalue weighted by molar-refractivity contribution is -0.134. The van der Waals surface area contributed by atoms with Crippen LogP contribution in [0.4, 0.5) is 0 Å². The molecule has 0 amide bonds. The number of carbonyl (C=O) groups excluding carboxylic acids is 1. The van der Waals surface area contributed by atoms with Crippen molar-refractivity contribution in [1.29, 1.82) is 0 Å². The second-order valence-electron chi connectivity index (χ2n) is 26.9. The van der Waals surface area contributed by atoms with Gasteiger partial charge in [-0.05, 0) is 115 Å². The molecule has 0 aromatic heterocycles. The van der Waals surface area contributed by atoms with Crippen molar-refractivity contribution < 1.29 is 32.3 Å². The highest BCUT2D eigenvalue weighted by Crippen LogP contribution is 2.44. The number of rotatable bonds is 28. The molecular formula is C57H112O7Si4. The third kappa shape index (κ3) is 21.9. The van der Waals surface area contributed by atoms with Crippen LogP contribution in [0.2, 0.25) is 72.5 Å². The second kappa shape index (κ2) is 27.2. The molecule has 0 aromatic rings. The van der Waals surface area contributed by atoms with Crippen LogP contribution in [0.25, 0.3) is 0 Å². The quantitative estimate of drug-likeness (QED) is 0.0275. The van der Waals surface area contributed by atoms with Gasteiger partial charge < -0.3 is 27.5 Å². The van der Waals surface area contributed by atoms with Gasteiger partial charge in [0.05, 0.1) is 37.6 Å². The lowest BCUT2D eigenvalue weighted by Crippen LogP contribution is -2.48. The van der Waals surface area contributed by atoms with Crippen LogP contribution in [0.1, 0.15) is 150 Å². The van der Waals surface area contributed by atoms with E-state index in [0.717, 1.165) is 19.3 Å². The zero-order chi connectivity index (χ0) is 53.7. The fourth-order valence-electron chi connectivity index (χ4n) is 7.49. The van der Waals surface area contributed by atoms with Crippen molar-refractivity contribution in [3.8, 4) is 0 Å². The molecule has 0 heterocycles. The minimum absolute atomic E-state index is 0.00169. The number of aliphatic hydroxyl groups is 1. The molecule has 0 rings (SSSR count). The number of aliphatic hydroxyl groups excluding tert-OH is 1. The van der Waals surface area contributed by atoms with Crippen molar-refractivity contribution in [2.45, 2.75) is 253 Å². The van der Waals surface area contributed by atoms with E-state index < -0.39 is 39.4 Å². The first-order valence-electron chi connectivity index (χ1n) is 26.3. The van der Waals surface area contributed by atoms with Gasteiger partial charge >= 0.3 is 5.97 Å². The van der Waals surface area contributed by atoms with Gasteiger partial charge in [-0.3, -0.25) is 0 Å². The molecule has 0 radical (unpaired) electrons. The third-order valence-corrected chi connectivity index (χ3v) is 34.6. The number of ether oxygens (including phenoxy) is 1. The molecule has 398 valence electrons. The molecule has 0 unspecified atom stereocenters. The Balaban J connectivity index is 7.22. The molecule has 0 fully saturated rings. The Morgan fingerprint density at radius 3 is 1.44 bits per heavy atom. The number of methoxy groups -OCH3 is 1. The SMILES string of the molecule is C=C/C=C\[C@H](C)[C@H](O)[C@@H](C)[C@H](CC[C@H](C)C[C@H](C)[C@@H](O[Si](C)(C)C(C)(C)C)[C@@H](C)/C=C\[C@H](C[C@H](O[Si](C)(C)C(C)(C)C)[C@H](C)/C=C/C=C\C(=O)OC)O[Si](C)(C)C(C)(C)C)O[Si](C)(C)C(C)(C)C. The van der Waals surface area contributed by atoms with E-state index in [9.17, 15) is 9.90 Å². The monoisotopic (exact) mass is 1020 g/mol. The van der Waals surface area contributed by atoms with Crippen molar-refractivity contribution in [3.63, 3.8) is 0 Å². The Labute approximate surface area is 426 Å². The van der Waals surface area contributed by atoms with E-state index >= 15 is 0 Å². The zero-order valence-corrected chi connectivity index (χ0v) is 53.5. The third-order valence-electron chi connectivity index (χ3n) is 16.6. The average Bonchev–Trinajstić information content (AvgIpc) is 3.17. The van der Waals surface area contributed by atoms with Crippen molar-refractivity contribution in [2.75, 3.05) is 7.11 Å². The van der Waals surface area contributed by atoms with Crippen LogP contribution in [0, 0.1) is 35.5 Å². The summed E-state index contributed by atoms with van der Waals surface area (Å²) >= 11 is 0. The minimum atomic E-state index is -2.22. The van der Waals surface area contributed by atoms with Crippen molar-refractivity contribution in [1.82, 2.24) is 0 Å². The van der Waals surface area contributed by atoms with Gasteiger partial charge in [-0.15, -0.1) is 0 Å². The van der Waals surface area contributed by atoms with E-state index in [2.05, 4.69) is 208 Å². The fraction of sp³-hybridized carbons (Fsp3) is 0.807.